The first-order valence-corrected chi connectivity index (χ1v) is 19.3. The van der Waals surface area contributed by atoms with E-state index in [0.717, 1.165) is 50.5 Å². The molecule has 268 valence electrons. The van der Waals surface area contributed by atoms with Crippen LogP contribution in [0.1, 0.15) is 0 Å². The molecule has 4 nitrogen and oxygen atoms in total. The highest BCUT2D eigenvalue weighted by atomic mass is 16.3. The number of hydrogen-bond acceptors (Lipinski definition) is 3. The third kappa shape index (κ3) is 5.66. The molecule has 0 aliphatic heterocycles. The molecule has 9 aromatic carbocycles. The molecule has 0 saturated heterocycles. The molecule has 2 heterocycles. The number of rotatable bonds is 7. The third-order valence-electron chi connectivity index (χ3n) is 11.0. The van der Waals surface area contributed by atoms with Crippen LogP contribution in [-0.2, 0) is 0 Å². The summed E-state index contributed by atoms with van der Waals surface area (Å²) in [5.41, 5.74) is 13.8. The molecule has 57 heavy (non-hydrogen) atoms. The van der Waals surface area contributed by atoms with Gasteiger partial charge < -0.3 is 13.9 Å². The fraction of sp³-hybridized carbons (Fsp3) is 0. The molecule has 0 amide bonds. The zero-order chi connectivity index (χ0) is 37.7. The second-order valence-corrected chi connectivity index (χ2v) is 14.4. The zero-order valence-corrected chi connectivity index (χ0v) is 31.0. The maximum absolute atomic E-state index is 6.42. The third-order valence-corrected chi connectivity index (χ3v) is 11.0. The molecule has 11 rings (SSSR count). The SMILES string of the molecule is c1ccc(-c2ccc(N(c3ccc(-c4cccc5nc(-c6ccccc6)oc45)cc3)c3ccc4c(c3)c3ccc5ccccc5c3n4-c3ccccc3)cc2)cc1. The van der Waals surface area contributed by atoms with Crippen LogP contribution >= 0.6 is 0 Å². The zero-order valence-electron chi connectivity index (χ0n) is 31.0. The van der Waals surface area contributed by atoms with E-state index in [9.17, 15) is 0 Å². The molecule has 0 aliphatic carbocycles. The van der Waals surface area contributed by atoms with Crippen LogP contribution in [0.3, 0.4) is 0 Å². The van der Waals surface area contributed by atoms with E-state index in [1.54, 1.807) is 0 Å². The summed E-state index contributed by atoms with van der Waals surface area (Å²) >= 11 is 0. The molecule has 0 N–H and O–H groups in total. The standard InChI is InChI=1S/C53H35N3O/c1-4-13-36(14-5-1)37-23-28-42(29-24-37)55(43-30-25-39(26-31-43)46-21-12-22-49-52(46)57-53(54-49)40-16-6-2-7-17-40)44-32-34-50-48(35-44)47-33-27-38-15-10-11-20-45(38)51(47)56(50)41-18-8-3-9-19-41/h1-35H. The van der Waals surface area contributed by atoms with E-state index in [1.807, 2.05) is 42.5 Å². The topological polar surface area (TPSA) is 34.2 Å². The molecule has 11 aromatic rings. The van der Waals surface area contributed by atoms with E-state index >= 15 is 0 Å². The molecule has 0 bridgehead atoms. The summed E-state index contributed by atoms with van der Waals surface area (Å²) in [6, 6.07) is 75.2. The van der Waals surface area contributed by atoms with Gasteiger partial charge in [0.2, 0.25) is 5.89 Å². The van der Waals surface area contributed by atoms with Gasteiger partial charge in [-0.2, -0.15) is 0 Å². The Labute approximate surface area is 330 Å². The maximum atomic E-state index is 6.42. The van der Waals surface area contributed by atoms with Crippen LogP contribution in [0.5, 0.6) is 0 Å². The molecule has 0 unspecified atom stereocenters. The molecular weight excluding hydrogens is 695 g/mol. The van der Waals surface area contributed by atoms with Crippen LogP contribution in [0.25, 0.3) is 83.1 Å². The van der Waals surface area contributed by atoms with Gasteiger partial charge >= 0.3 is 0 Å². The molecule has 4 heteroatoms. The van der Waals surface area contributed by atoms with E-state index in [-0.39, 0.29) is 0 Å². The lowest BCUT2D eigenvalue weighted by atomic mass is 10.0. The fourth-order valence-electron chi connectivity index (χ4n) is 8.30. The monoisotopic (exact) mass is 729 g/mol. The molecule has 0 aliphatic rings. The van der Waals surface area contributed by atoms with Crippen molar-refractivity contribution in [3.05, 3.63) is 212 Å². The van der Waals surface area contributed by atoms with E-state index in [4.69, 9.17) is 9.40 Å². The number of benzene rings is 9. The first kappa shape index (κ1) is 32.7. The summed E-state index contributed by atoms with van der Waals surface area (Å²) in [7, 11) is 0. The van der Waals surface area contributed by atoms with E-state index < -0.39 is 0 Å². The van der Waals surface area contributed by atoms with Crippen LogP contribution < -0.4 is 4.90 Å². The summed E-state index contributed by atoms with van der Waals surface area (Å²) in [5, 5.41) is 4.88. The molecule has 2 aromatic heterocycles. The Hall–Kier alpha value is -7.69. The van der Waals surface area contributed by atoms with Gasteiger partial charge in [-0.3, -0.25) is 0 Å². The van der Waals surface area contributed by atoms with Crippen molar-refractivity contribution in [2.45, 2.75) is 0 Å². The molecular formula is C53H35N3O. The van der Waals surface area contributed by atoms with Crippen molar-refractivity contribution in [1.82, 2.24) is 9.55 Å². The summed E-state index contributed by atoms with van der Waals surface area (Å²) in [6.07, 6.45) is 0. The number of aromatic nitrogens is 2. The van der Waals surface area contributed by atoms with Crippen LogP contribution in [0.15, 0.2) is 217 Å². The Morgan fingerprint density at radius 1 is 0.421 bits per heavy atom. The highest BCUT2D eigenvalue weighted by Gasteiger charge is 2.20. The summed E-state index contributed by atoms with van der Waals surface area (Å²) in [6.45, 7) is 0. The highest BCUT2D eigenvalue weighted by Crippen LogP contribution is 2.43. The van der Waals surface area contributed by atoms with Crippen LogP contribution in [0, 0.1) is 0 Å². The first-order valence-electron chi connectivity index (χ1n) is 19.3. The summed E-state index contributed by atoms with van der Waals surface area (Å²) in [5.74, 6) is 0.622. The number of oxazole rings is 1. The van der Waals surface area contributed by atoms with Crippen molar-refractivity contribution < 1.29 is 4.42 Å². The smallest absolute Gasteiger partial charge is 0.227 e. The minimum absolute atomic E-state index is 0.622. The summed E-state index contributed by atoms with van der Waals surface area (Å²) < 4.78 is 8.83. The number of anilines is 3. The number of para-hydroxylation sites is 2. The second-order valence-electron chi connectivity index (χ2n) is 14.4. The van der Waals surface area contributed by atoms with Crippen molar-refractivity contribution >= 4 is 60.7 Å². The Morgan fingerprint density at radius 2 is 1.04 bits per heavy atom. The van der Waals surface area contributed by atoms with E-state index in [0.29, 0.717) is 5.89 Å². The van der Waals surface area contributed by atoms with E-state index in [1.165, 1.54) is 43.7 Å². The van der Waals surface area contributed by atoms with Crippen molar-refractivity contribution in [3.63, 3.8) is 0 Å². The molecule has 0 saturated carbocycles. The van der Waals surface area contributed by atoms with Crippen molar-refractivity contribution in [1.29, 1.82) is 0 Å². The predicted octanol–water partition coefficient (Wildman–Crippen LogP) is 14.5. The van der Waals surface area contributed by atoms with Gasteiger partial charge in [-0.25, -0.2) is 4.98 Å². The van der Waals surface area contributed by atoms with Gasteiger partial charge in [-0.15, -0.1) is 0 Å². The predicted molar refractivity (Wildman–Crippen MR) is 237 cm³/mol. The Balaban J connectivity index is 1.07. The van der Waals surface area contributed by atoms with Crippen LogP contribution in [-0.4, -0.2) is 9.55 Å². The highest BCUT2D eigenvalue weighted by molar-refractivity contribution is 6.19. The fourth-order valence-corrected chi connectivity index (χ4v) is 8.30. The molecule has 0 fully saturated rings. The van der Waals surface area contributed by atoms with Crippen molar-refractivity contribution in [2.24, 2.45) is 0 Å². The Kier molecular flexibility index (Phi) is 7.78. The van der Waals surface area contributed by atoms with Gasteiger partial charge in [-0.05, 0) is 94.9 Å². The van der Waals surface area contributed by atoms with Crippen molar-refractivity contribution in [2.75, 3.05) is 4.90 Å². The van der Waals surface area contributed by atoms with Gasteiger partial charge in [0, 0.05) is 50.0 Å². The van der Waals surface area contributed by atoms with Gasteiger partial charge in [0.1, 0.15) is 5.52 Å². The largest absolute Gasteiger partial charge is 0.435 e. The minimum atomic E-state index is 0.622. The number of fused-ring (bicyclic) bond motifs is 6. The lowest BCUT2D eigenvalue weighted by molar-refractivity contribution is 0.621. The average molecular weight is 730 g/mol. The summed E-state index contributed by atoms with van der Waals surface area (Å²) in [4.78, 5) is 7.19. The first-order chi connectivity index (χ1) is 28.3. The average Bonchev–Trinajstić information content (AvgIpc) is 3.88. The van der Waals surface area contributed by atoms with Gasteiger partial charge in [0.15, 0.2) is 5.58 Å². The lowest BCUT2D eigenvalue weighted by Crippen LogP contribution is -2.10. The number of hydrogen-bond donors (Lipinski definition) is 0. The quantitative estimate of drug-likeness (QED) is 0.164. The molecule has 0 spiro atoms. The van der Waals surface area contributed by atoms with Crippen LogP contribution in [0.2, 0.25) is 0 Å². The maximum Gasteiger partial charge on any atom is 0.227 e. The Morgan fingerprint density at radius 3 is 1.77 bits per heavy atom. The molecule has 0 atom stereocenters. The minimum Gasteiger partial charge on any atom is -0.435 e. The molecule has 0 radical (unpaired) electrons. The number of nitrogens with zero attached hydrogens (tertiary/aromatic N) is 3. The van der Waals surface area contributed by atoms with E-state index in [2.05, 4.69) is 179 Å². The Bertz CT molecular complexity index is 3200. The normalized spacial score (nSPS) is 11.5. The second kappa shape index (κ2) is 13.6. The van der Waals surface area contributed by atoms with Gasteiger partial charge in [-0.1, -0.05) is 140 Å². The van der Waals surface area contributed by atoms with Gasteiger partial charge in [0.25, 0.3) is 0 Å². The van der Waals surface area contributed by atoms with Gasteiger partial charge in [0.05, 0.1) is 11.0 Å². The van der Waals surface area contributed by atoms with Crippen LogP contribution in [0.4, 0.5) is 17.1 Å². The van der Waals surface area contributed by atoms with Crippen molar-refractivity contribution in [3.8, 4) is 39.4 Å². The lowest BCUT2D eigenvalue weighted by Gasteiger charge is -2.26.